The van der Waals surface area contributed by atoms with Crippen LogP contribution in [0.2, 0.25) is 0 Å². The summed E-state index contributed by atoms with van der Waals surface area (Å²) in [5.74, 6) is 1.39. The molecule has 1 aromatic rings. The number of aldehydes is 1. The summed E-state index contributed by atoms with van der Waals surface area (Å²) in [6.07, 6.45) is 6.61. The van der Waals surface area contributed by atoms with Crippen molar-refractivity contribution >= 4 is 12.2 Å². The van der Waals surface area contributed by atoms with Crippen LogP contribution in [0.3, 0.4) is 0 Å². The number of rotatable bonds is 6. The molecule has 0 aromatic heterocycles. The lowest BCUT2D eigenvalue weighted by Gasteiger charge is -2.37. The average Bonchev–Trinajstić information content (AvgIpc) is 2.74. The fourth-order valence-electron chi connectivity index (χ4n) is 3.91. The first kappa shape index (κ1) is 21.3. The fraction of sp³-hybridized carbons (Fsp3) is 0.500. The molecule has 0 bridgehead atoms. The van der Waals surface area contributed by atoms with Gasteiger partial charge in [-0.25, -0.2) is 4.99 Å². The van der Waals surface area contributed by atoms with E-state index in [9.17, 15) is 4.79 Å². The molecule has 0 spiro atoms. The van der Waals surface area contributed by atoms with E-state index in [1.165, 1.54) is 5.56 Å². The molecule has 0 amide bonds. The SMILES string of the molecule is C=C1OC[C@H](c2ccc(CN3CCC(C(C)(C)C=O)CC3)cc2)OC1=N/C=C\C. The normalized spacial score (nSPS) is 23.2. The zero-order valence-electron chi connectivity index (χ0n) is 17.8. The van der Waals surface area contributed by atoms with Crippen LogP contribution in [-0.2, 0) is 20.8 Å². The molecule has 0 radical (unpaired) electrons. The van der Waals surface area contributed by atoms with Crippen LogP contribution in [0.1, 0.15) is 50.8 Å². The zero-order chi connectivity index (χ0) is 20.9. The van der Waals surface area contributed by atoms with E-state index >= 15 is 0 Å². The minimum Gasteiger partial charge on any atom is -0.484 e. The lowest BCUT2D eigenvalue weighted by Crippen LogP contribution is -2.39. The number of piperidine rings is 1. The molecule has 5 nitrogen and oxygen atoms in total. The number of aliphatic imine (C=N–C) groups is 1. The second kappa shape index (κ2) is 9.40. The summed E-state index contributed by atoms with van der Waals surface area (Å²) in [5, 5.41) is 0. The molecule has 2 aliphatic heterocycles. The smallest absolute Gasteiger partial charge is 0.257 e. The maximum Gasteiger partial charge on any atom is 0.257 e. The van der Waals surface area contributed by atoms with E-state index in [1.807, 2.05) is 13.0 Å². The topological polar surface area (TPSA) is 51.1 Å². The van der Waals surface area contributed by atoms with Gasteiger partial charge in [-0.1, -0.05) is 50.8 Å². The van der Waals surface area contributed by atoms with Gasteiger partial charge in [-0.15, -0.1) is 0 Å². The van der Waals surface area contributed by atoms with Crippen LogP contribution in [-0.4, -0.2) is 36.8 Å². The van der Waals surface area contributed by atoms with Crippen molar-refractivity contribution in [1.29, 1.82) is 0 Å². The third kappa shape index (κ3) is 5.36. The van der Waals surface area contributed by atoms with Crippen molar-refractivity contribution in [1.82, 2.24) is 4.90 Å². The molecule has 2 aliphatic rings. The Kier molecular flexibility index (Phi) is 6.91. The summed E-state index contributed by atoms with van der Waals surface area (Å²) >= 11 is 0. The van der Waals surface area contributed by atoms with E-state index in [0.717, 1.165) is 44.3 Å². The molecule has 0 N–H and O–H groups in total. The zero-order valence-corrected chi connectivity index (χ0v) is 17.8. The minimum absolute atomic E-state index is 0.181. The molecule has 5 heteroatoms. The van der Waals surface area contributed by atoms with Gasteiger partial charge in [0.2, 0.25) is 0 Å². The third-order valence-electron chi connectivity index (χ3n) is 5.94. The second-order valence-electron chi connectivity index (χ2n) is 8.49. The monoisotopic (exact) mass is 396 g/mol. The first-order valence-electron chi connectivity index (χ1n) is 10.4. The Labute approximate surface area is 174 Å². The van der Waals surface area contributed by atoms with Gasteiger partial charge in [0.25, 0.3) is 5.90 Å². The van der Waals surface area contributed by atoms with Crippen molar-refractivity contribution in [2.24, 2.45) is 16.3 Å². The van der Waals surface area contributed by atoms with Gasteiger partial charge >= 0.3 is 0 Å². The second-order valence-corrected chi connectivity index (χ2v) is 8.49. The Morgan fingerprint density at radius 3 is 2.55 bits per heavy atom. The maximum absolute atomic E-state index is 11.3. The fourth-order valence-corrected chi connectivity index (χ4v) is 3.91. The predicted octanol–water partition coefficient (Wildman–Crippen LogP) is 4.66. The number of hydrogen-bond donors (Lipinski definition) is 0. The van der Waals surface area contributed by atoms with E-state index in [4.69, 9.17) is 9.47 Å². The molecule has 2 saturated heterocycles. The van der Waals surface area contributed by atoms with Crippen LogP contribution < -0.4 is 0 Å². The molecule has 3 rings (SSSR count). The molecule has 29 heavy (non-hydrogen) atoms. The minimum atomic E-state index is -0.212. The van der Waals surface area contributed by atoms with Crippen LogP contribution in [0.25, 0.3) is 0 Å². The van der Waals surface area contributed by atoms with Gasteiger partial charge in [-0.05, 0) is 49.9 Å². The first-order valence-corrected chi connectivity index (χ1v) is 10.4. The van der Waals surface area contributed by atoms with Crippen molar-refractivity contribution < 1.29 is 14.3 Å². The van der Waals surface area contributed by atoms with Gasteiger partial charge in [0, 0.05) is 18.2 Å². The highest BCUT2D eigenvalue weighted by atomic mass is 16.6. The molecule has 156 valence electrons. The Morgan fingerprint density at radius 1 is 1.24 bits per heavy atom. The Bertz CT molecular complexity index is 772. The Morgan fingerprint density at radius 2 is 1.93 bits per heavy atom. The predicted molar refractivity (Wildman–Crippen MR) is 115 cm³/mol. The summed E-state index contributed by atoms with van der Waals surface area (Å²) < 4.78 is 11.6. The van der Waals surface area contributed by atoms with Crippen LogP contribution in [0, 0.1) is 11.3 Å². The van der Waals surface area contributed by atoms with Gasteiger partial charge in [-0.3, -0.25) is 4.90 Å². The summed E-state index contributed by atoms with van der Waals surface area (Å²) in [4.78, 5) is 18.0. The van der Waals surface area contributed by atoms with E-state index in [-0.39, 0.29) is 11.5 Å². The van der Waals surface area contributed by atoms with Crippen molar-refractivity contribution in [3.05, 3.63) is 60.0 Å². The molecule has 2 heterocycles. The standard InChI is InChI=1S/C24H32N2O3/c1-5-12-25-23-18(2)28-16-22(29-23)20-8-6-19(7-9-20)15-26-13-10-21(11-14-26)24(3,4)17-27/h5-9,12,17,21-22H,2,10-11,13-16H2,1,3-4H3/b12-5-,25-23?/t22-/m1/s1. The number of allylic oxidation sites excluding steroid dienone is 1. The van der Waals surface area contributed by atoms with E-state index in [1.54, 1.807) is 6.20 Å². The first-order chi connectivity index (χ1) is 13.9. The van der Waals surface area contributed by atoms with Crippen molar-refractivity contribution in [2.45, 2.75) is 46.3 Å². The molecule has 1 atom stereocenters. The van der Waals surface area contributed by atoms with Gasteiger partial charge in [-0.2, -0.15) is 0 Å². The summed E-state index contributed by atoms with van der Waals surface area (Å²) in [5.41, 5.74) is 2.14. The van der Waals surface area contributed by atoms with Crippen LogP contribution in [0.5, 0.6) is 0 Å². The Balaban J connectivity index is 1.56. The van der Waals surface area contributed by atoms with Gasteiger partial charge in [0.05, 0.1) is 0 Å². The Hall–Kier alpha value is -2.40. The number of ether oxygens (including phenoxy) is 2. The average molecular weight is 397 g/mol. The summed E-state index contributed by atoms with van der Waals surface area (Å²) in [7, 11) is 0. The lowest BCUT2D eigenvalue weighted by atomic mass is 9.75. The quantitative estimate of drug-likeness (QED) is 0.657. The number of carbonyl (C=O) groups excluding carboxylic acids is 1. The van der Waals surface area contributed by atoms with Gasteiger partial charge < -0.3 is 14.3 Å². The lowest BCUT2D eigenvalue weighted by molar-refractivity contribution is -0.118. The molecular weight excluding hydrogens is 364 g/mol. The van der Waals surface area contributed by atoms with E-state index in [2.05, 4.69) is 54.6 Å². The highest BCUT2D eigenvalue weighted by molar-refractivity contribution is 5.92. The largest absolute Gasteiger partial charge is 0.484 e. The van der Waals surface area contributed by atoms with Crippen molar-refractivity contribution in [3.8, 4) is 0 Å². The number of nitrogens with zero attached hydrogens (tertiary/aromatic N) is 2. The van der Waals surface area contributed by atoms with Crippen molar-refractivity contribution in [2.75, 3.05) is 19.7 Å². The number of likely N-dealkylation sites (tertiary alicyclic amines) is 1. The molecular formula is C24H32N2O3. The highest BCUT2D eigenvalue weighted by Crippen LogP contribution is 2.33. The number of carbonyl (C=O) groups is 1. The van der Waals surface area contributed by atoms with Gasteiger partial charge in [0.1, 0.15) is 12.9 Å². The van der Waals surface area contributed by atoms with Crippen LogP contribution in [0.4, 0.5) is 0 Å². The molecule has 0 saturated carbocycles. The molecule has 2 fully saturated rings. The number of benzene rings is 1. The molecule has 0 aliphatic carbocycles. The van der Waals surface area contributed by atoms with E-state index < -0.39 is 0 Å². The third-order valence-corrected chi connectivity index (χ3v) is 5.94. The van der Waals surface area contributed by atoms with Crippen LogP contribution >= 0.6 is 0 Å². The molecule has 1 aromatic carbocycles. The van der Waals surface area contributed by atoms with E-state index in [0.29, 0.717) is 24.2 Å². The maximum atomic E-state index is 11.3. The highest BCUT2D eigenvalue weighted by Gasteiger charge is 2.32. The van der Waals surface area contributed by atoms with Gasteiger partial charge in [0.15, 0.2) is 11.9 Å². The van der Waals surface area contributed by atoms with Crippen LogP contribution in [0.15, 0.2) is 53.9 Å². The summed E-state index contributed by atoms with van der Waals surface area (Å²) in [6, 6.07) is 8.53. The van der Waals surface area contributed by atoms with Crippen molar-refractivity contribution in [3.63, 3.8) is 0 Å². The summed E-state index contributed by atoms with van der Waals surface area (Å²) in [6.45, 7) is 13.3. The number of hydrogen-bond acceptors (Lipinski definition) is 5. The molecule has 0 unspecified atom stereocenters.